The molecule has 28 heavy (non-hydrogen) atoms. The minimum Gasteiger partial charge on any atom is -0.497 e. The molecule has 0 saturated heterocycles. The minimum absolute atomic E-state index is 0.00880. The molecule has 1 aliphatic heterocycles. The van der Waals surface area contributed by atoms with E-state index < -0.39 is 5.92 Å². The van der Waals surface area contributed by atoms with Crippen molar-refractivity contribution >= 4 is 17.5 Å². The molecule has 4 rings (SSSR count). The molecule has 1 fully saturated rings. The number of amides is 2. The van der Waals surface area contributed by atoms with Crippen molar-refractivity contribution in [1.29, 1.82) is 0 Å². The van der Waals surface area contributed by atoms with Gasteiger partial charge in [0, 0.05) is 43.0 Å². The Bertz CT molecular complexity index is 945. The summed E-state index contributed by atoms with van der Waals surface area (Å²) in [5.74, 6) is 0.0800. The summed E-state index contributed by atoms with van der Waals surface area (Å²) in [7, 11) is 3.52. The third-order valence-corrected chi connectivity index (χ3v) is 5.85. The van der Waals surface area contributed by atoms with Crippen molar-refractivity contribution in [2.75, 3.05) is 12.4 Å². The van der Waals surface area contributed by atoms with Gasteiger partial charge in [0.2, 0.25) is 11.8 Å². The van der Waals surface area contributed by atoms with Crippen molar-refractivity contribution in [2.24, 2.45) is 7.05 Å². The molecule has 1 saturated carbocycles. The fourth-order valence-corrected chi connectivity index (χ4v) is 3.98. The van der Waals surface area contributed by atoms with E-state index in [1.54, 1.807) is 13.2 Å². The molecule has 2 amide bonds. The van der Waals surface area contributed by atoms with Crippen molar-refractivity contribution < 1.29 is 14.3 Å². The van der Waals surface area contributed by atoms with E-state index in [2.05, 4.69) is 10.4 Å². The van der Waals surface area contributed by atoms with Gasteiger partial charge in [-0.25, -0.2) is 0 Å². The zero-order chi connectivity index (χ0) is 20.0. The van der Waals surface area contributed by atoms with E-state index in [1.807, 2.05) is 42.6 Å². The van der Waals surface area contributed by atoms with E-state index >= 15 is 0 Å². The van der Waals surface area contributed by atoms with E-state index in [9.17, 15) is 9.59 Å². The van der Waals surface area contributed by atoms with Gasteiger partial charge in [0.25, 0.3) is 0 Å². The van der Waals surface area contributed by atoms with E-state index in [0.717, 1.165) is 35.4 Å². The first-order valence-electron chi connectivity index (χ1n) is 9.66. The largest absolute Gasteiger partial charge is 0.497 e. The van der Waals surface area contributed by atoms with Gasteiger partial charge < -0.3 is 15.0 Å². The second kappa shape index (κ2) is 6.96. The molecule has 2 heterocycles. The molecule has 0 radical (unpaired) electrons. The summed E-state index contributed by atoms with van der Waals surface area (Å²) in [5.41, 5.74) is 4.63. The molecule has 148 valence electrons. The number of carbonyl (C=O) groups is 2. The maximum Gasteiger partial charge on any atom is 0.231 e. The van der Waals surface area contributed by atoms with Crippen LogP contribution in [0.5, 0.6) is 5.75 Å². The third-order valence-electron chi connectivity index (χ3n) is 5.85. The highest BCUT2D eigenvalue weighted by molar-refractivity contribution is 6.01. The number of carbonyl (C=O) groups excluding carboxylic acids is 2. The summed E-state index contributed by atoms with van der Waals surface area (Å²) in [5, 5.41) is 7.36. The molecule has 7 nitrogen and oxygen atoms in total. The minimum atomic E-state index is -0.489. The van der Waals surface area contributed by atoms with E-state index in [1.165, 1.54) is 0 Å². The predicted molar refractivity (Wildman–Crippen MR) is 105 cm³/mol. The molecule has 1 aromatic carbocycles. The van der Waals surface area contributed by atoms with Gasteiger partial charge in [-0.1, -0.05) is 0 Å². The Kier molecular flexibility index (Phi) is 4.61. The zero-order valence-electron chi connectivity index (χ0n) is 16.8. The Hall–Kier alpha value is -2.83. The van der Waals surface area contributed by atoms with Gasteiger partial charge in [-0.15, -0.1) is 0 Å². The number of fused-ring (bicyclic) bond motifs is 1. The average molecular weight is 382 g/mol. The molecule has 7 heteroatoms. The normalized spacial score (nSPS) is 18.4. The number of aromatic nitrogens is 2. The summed E-state index contributed by atoms with van der Waals surface area (Å²) in [6.45, 7) is 4.54. The standard InChI is InChI=1S/C21H26N4O3/c1-12-18(13(2)24(3)23-12)11-25(14-5-6-14)21(27)17-10-20(26)22-19-8-7-15(28-4)9-16(17)19/h7-9,14,17H,5-6,10-11H2,1-4H3,(H,22,26). The van der Waals surface area contributed by atoms with E-state index in [-0.39, 0.29) is 24.3 Å². The molecule has 1 atom stereocenters. The van der Waals surface area contributed by atoms with Gasteiger partial charge in [0.15, 0.2) is 0 Å². The van der Waals surface area contributed by atoms with Gasteiger partial charge in [0.05, 0.1) is 18.7 Å². The lowest BCUT2D eigenvalue weighted by Gasteiger charge is -2.31. The van der Waals surface area contributed by atoms with Crippen molar-refractivity contribution in [3.05, 3.63) is 40.7 Å². The topological polar surface area (TPSA) is 76.5 Å². The van der Waals surface area contributed by atoms with Crippen molar-refractivity contribution in [3.63, 3.8) is 0 Å². The summed E-state index contributed by atoms with van der Waals surface area (Å²) in [6, 6.07) is 5.71. The predicted octanol–water partition coefficient (Wildman–Crippen LogP) is 2.66. The number of anilines is 1. The first-order chi connectivity index (χ1) is 13.4. The number of nitrogens with zero attached hydrogens (tertiary/aromatic N) is 3. The molecule has 1 unspecified atom stereocenters. The highest BCUT2D eigenvalue weighted by Crippen LogP contribution is 2.39. The second-order valence-corrected chi connectivity index (χ2v) is 7.73. The van der Waals surface area contributed by atoms with Crippen LogP contribution in [0.2, 0.25) is 0 Å². The fourth-order valence-electron chi connectivity index (χ4n) is 3.98. The molecular weight excluding hydrogens is 356 g/mol. The van der Waals surface area contributed by atoms with Gasteiger partial charge >= 0.3 is 0 Å². The molecule has 1 aromatic heterocycles. The number of hydrogen-bond donors (Lipinski definition) is 1. The molecular formula is C21H26N4O3. The summed E-state index contributed by atoms with van der Waals surface area (Å²) < 4.78 is 7.19. The van der Waals surface area contributed by atoms with Crippen molar-refractivity contribution in [1.82, 2.24) is 14.7 Å². The fraction of sp³-hybridized carbons (Fsp3) is 0.476. The number of hydrogen-bond acceptors (Lipinski definition) is 4. The molecule has 0 spiro atoms. The van der Waals surface area contributed by atoms with E-state index in [0.29, 0.717) is 18.0 Å². The van der Waals surface area contributed by atoms with Crippen LogP contribution in [0.3, 0.4) is 0 Å². The monoisotopic (exact) mass is 382 g/mol. The van der Waals surface area contributed by atoms with Crippen LogP contribution >= 0.6 is 0 Å². The first kappa shape index (κ1) is 18.5. The molecule has 0 bridgehead atoms. The number of aryl methyl sites for hydroxylation is 2. The van der Waals surface area contributed by atoms with Crippen LogP contribution < -0.4 is 10.1 Å². The van der Waals surface area contributed by atoms with Crippen LogP contribution in [0.4, 0.5) is 5.69 Å². The molecule has 1 N–H and O–H groups in total. The Morgan fingerprint density at radius 2 is 2.11 bits per heavy atom. The molecule has 2 aliphatic rings. The lowest BCUT2D eigenvalue weighted by molar-refractivity contribution is -0.136. The molecule has 2 aromatic rings. The Morgan fingerprint density at radius 3 is 2.71 bits per heavy atom. The average Bonchev–Trinajstić information content (AvgIpc) is 3.48. The Labute approximate surface area is 164 Å². The van der Waals surface area contributed by atoms with Crippen LogP contribution in [0, 0.1) is 13.8 Å². The SMILES string of the molecule is COc1ccc2c(c1)C(C(=O)N(Cc1c(C)nn(C)c1C)C1CC1)CC(=O)N2. The molecule has 1 aliphatic carbocycles. The number of rotatable bonds is 5. The number of methoxy groups -OCH3 is 1. The van der Waals surface area contributed by atoms with Gasteiger partial charge in [-0.2, -0.15) is 5.10 Å². The Balaban J connectivity index is 1.67. The zero-order valence-corrected chi connectivity index (χ0v) is 16.8. The Morgan fingerprint density at radius 1 is 1.36 bits per heavy atom. The van der Waals surface area contributed by atoms with Gasteiger partial charge in [-0.3, -0.25) is 14.3 Å². The lowest BCUT2D eigenvalue weighted by atomic mass is 9.88. The van der Waals surface area contributed by atoms with Crippen LogP contribution in [0.15, 0.2) is 18.2 Å². The second-order valence-electron chi connectivity index (χ2n) is 7.73. The van der Waals surface area contributed by atoms with Gasteiger partial charge in [-0.05, 0) is 50.5 Å². The highest BCUT2D eigenvalue weighted by Gasteiger charge is 2.40. The van der Waals surface area contributed by atoms with Crippen LogP contribution in [-0.2, 0) is 23.2 Å². The smallest absolute Gasteiger partial charge is 0.231 e. The number of ether oxygens (including phenoxy) is 1. The van der Waals surface area contributed by atoms with Crippen molar-refractivity contribution in [3.8, 4) is 5.75 Å². The lowest BCUT2D eigenvalue weighted by Crippen LogP contribution is -2.39. The van der Waals surface area contributed by atoms with Crippen LogP contribution in [0.1, 0.15) is 47.7 Å². The first-order valence-corrected chi connectivity index (χ1v) is 9.66. The van der Waals surface area contributed by atoms with Crippen LogP contribution in [-0.4, -0.2) is 39.6 Å². The highest BCUT2D eigenvalue weighted by atomic mass is 16.5. The number of nitrogens with one attached hydrogen (secondary N) is 1. The summed E-state index contributed by atoms with van der Waals surface area (Å²) in [4.78, 5) is 27.8. The third kappa shape index (κ3) is 3.25. The maximum absolute atomic E-state index is 13.6. The maximum atomic E-state index is 13.6. The van der Waals surface area contributed by atoms with Gasteiger partial charge in [0.1, 0.15) is 5.75 Å². The van der Waals surface area contributed by atoms with Crippen molar-refractivity contribution in [2.45, 2.75) is 51.6 Å². The number of benzene rings is 1. The summed E-state index contributed by atoms with van der Waals surface area (Å²) >= 11 is 0. The van der Waals surface area contributed by atoms with E-state index in [4.69, 9.17) is 4.74 Å². The quantitative estimate of drug-likeness (QED) is 0.863. The van der Waals surface area contributed by atoms with Crippen LogP contribution in [0.25, 0.3) is 0 Å². The summed E-state index contributed by atoms with van der Waals surface area (Å²) in [6.07, 6.45) is 2.18.